The van der Waals surface area contributed by atoms with E-state index < -0.39 is 5.91 Å². The topological polar surface area (TPSA) is 70.6 Å². The summed E-state index contributed by atoms with van der Waals surface area (Å²) in [5.74, 6) is -0.727. The van der Waals surface area contributed by atoms with Crippen LogP contribution in [0.15, 0.2) is 88.4 Å². The van der Waals surface area contributed by atoms with Crippen molar-refractivity contribution in [2.45, 2.75) is 0 Å². The third-order valence-electron chi connectivity index (χ3n) is 4.69. The first-order chi connectivity index (χ1) is 14.6. The van der Waals surface area contributed by atoms with E-state index in [-0.39, 0.29) is 12.5 Å². The number of nitrogens with zero attached hydrogens (tertiary/aromatic N) is 1. The Labute approximate surface area is 181 Å². The van der Waals surface area contributed by atoms with E-state index in [0.29, 0.717) is 5.56 Å². The molecule has 0 aromatic heterocycles. The Morgan fingerprint density at radius 1 is 0.867 bits per heavy atom. The molecule has 0 spiro atoms. The fraction of sp³-hybridized carbons (Fsp3) is 0.0417. The van der Waals surface area contributed by atoms with Gasteiger partial charge in [-0.1, -0.05) is 70.5 Å². The second kappa shape index (κ2) is 8.88. The van der Waals surface area contributed by atoms with Crippen LogP contribution >= 0.6 is 15.9 Å². The van der Waals surface area contributed by atoms with Crippen molar-refractivity contribution in [3.63, 3.8) is 0 Å². The third-order valence-corrected chi connectivity index (χ3v) is 5.19. The van der Waals surface area contributed by atoms with Gasteiger partial charge in [-0.15, -0.1) is 0 Å². The molecule has 0 radical (unpaired) electrons. The zero-order chi connectivity index (χ0) is 20.9. The predicted molar refractivity (Wildman–Crippen MR) is 124 cm³/mol. The van der Waals surface area contributed by atoms with Gasteiger partial charge in [-0.25, -0.2) is 5.43 Å². The van der Waals surface area contributed by atoms with E-state index in [1.54, 1.807) is 24.4 Å². The number of benzene rings is 4. The van der Waals surface area contributed by atoms with E-state index in [4.69, 9.17) is 0 Å². The van der Waals surface area contributed by atoms with Gasteiger partial charge in [-0.05, 0) is 45.8 Å². The lowest BCUT2D eigenvalue weighted by atomic mass is 9.97. The molecule has 0 heterocycles. The fourth-order valence-electron chi connectivity index (χ4n) is 3.29. The second-order valence-corrected chi connectivity index (χ2v) is 7.63. The summed E-state index contributed by atoms with van der Waals surface area (Å²) in [6.07, 6.45) is 1.65. The van der Waals surface area contributed by atoms with Crippen molar-refractivity contribution >= 4 is 55.5 Å². The summed E-state index contributed by atoms with van der Waals surface area (Å²) < 4.78 is 0.798. The highest BCUT2D eigenvalue weighted by atomic mass is 79.9. The number of hydrogen-bond acceptors (Lipinski definition) is 3. The number of hydrogen-bond donors (Lipinski definition) is 2. The van der Waals surface area contributed by atoms with Crippen molar-refractivity contribution < 1.29 is 9.59 Å². The van der Waals surface area contributed by atoms with E-state index in [2.05, 4.69) is 50.0 Å². The number of carbonyl (C=O) groups excluding carboxylic acids is 2. The summed E-state index contributed by atoms with van der Waals surface area (Å²) in [7, 11) is 0. The van der Waals surface area contributed by atoms with Gasteiger partial charge in [0.15, 0.2) is 0 Å². The van der Waals surface area contributed by atoms with Crippen LogP contribution in [0, 0.1) is 0 Å². The molecule has 0 saturated heterocycles. The molecule has 0 aliphatic carbocycles. The smallest absolute Gasteiger partial charge is 0.259 e. The molecule has 4 aromatic rings. The maximum Gasteiger partial charge on any atom is 0.259 e. The average molecular weight is 460 g/mol. The molecule has 6 heteroatoms. The molecule has 2 amide bonds. The zero-order valence-electron chi connectivity index (χ0n) is 15.9. The largest absolute Gasteiger partial charge is 0.343 e. The molecule has 0 bridgehead atoms. The quantitative estimate of drug-likeness (QED) is 0.259. The van der Waals surface area contributed by atoms with Crippen LogP contribution in [0.5, 0.6) is 0 Å². The monoisotopic (exact) mass is 459 g/mol. The van der Waals surface area contributed by atoms with Crippen molar-refractivity contribution in [3.05, 3.63) is 94.5 Å². The van der Waals surface area contributed by atoms with E-state index in [1.165, 1.54) is 0 Å². The van der Waals surface area contributed by atoms with Gasteiger partial charge in [0, 0.05) is 15.6 Å². The summed E-state index contributed by atoms with van der Waals surface area (Å²) in [6, 6.07) is 25.2. The number of fused-ring (bicyclic) bond motifs is 2. The Kier molecular flexibility index (Phi) is 5.86. The first kappa shape index (κ1) is 19.8. The third kappa shape index (κ3) is 4.39. The molecule has 0 unspecified atom stereocenters. The van der Waals surface area contributed by atoms with Crippen LogP contribution in [0.25, 0.3) is 21.5 Å². The molecule has 4 rings (SSSR count). The summed E-state index contributed by atoms with van der Waals surface area (Å²) >= 11 is 3.32. The summed E-state index contributed by atoms with van der Waals surface area (Å²) in [6.45, 7) is -0.168. The van der Waals surface area contributed by atoms with Gasteiger partial charge < -0.3 is 5.32 Å². The van der Waals surface area contributed by atoms with Crippen molar-refractivity contribution in [3.8, 4) is 0 Å². The molecule has 0 fully saturated rings. The highest BCUT2D eigenvalue weighted by Gasteiger charge is 2.08. The van der Waals surface area contributed by atoms with E-state index in [0.717, 1.165) is 31.6 Å². The van der Waals surface area contributed by atoms with E-state index >= 15 is 0 Å². The molecule has 0 aliphatic rings. The average Bonchev–Trinajstić information content (AvgIpc) is 2.77. The first-order valence-corrected chi connectivity index (χ1v) is 10.2. The highest BCUT2D eigenvalue weighted by Crippen LogP contribution is 2.27. The minimum atomic E-state index is -0.404. The highest BCUT2D eigenvalue weighted by molar-refractivity contribution is 9.10. The van der Waals surface area contributed by atoms with Crippen molar-refractivity contribution in [1.29, 1.82) is 0 Å². The molecule has 0 aliphatic heterocycles. The molecule has 148 valence electrons. The van der Waals surface area contributed by atoms with Gasteiger partial charge >= 0.3 is 0 Å². The second-order valence-electron chi connectivity index (χ2n) is 6.72. The van der Waals surface area contributed by atoms with E-state index in [9.17, 15) is 9.59 Å². The van der Waals surface area contributed by atoms with Gasteiger partial charge in [-0.3, -0.25) is 9.59 Å². The minimum Gasteiger partial charge on any atom is -0.343 e. The number of amides is 2. The molecule has 0 atom stereocenters. The van der Waals surface area contributed by atoms with Crippen molar-refractivity contribution in [2.24, 2.45) is 5.10 Å². The Morgan fingerprint density at radius 2 is 1.53 bits per heavy atom. The summed E-state index contributed by atoms with van der Waals surface area (Å²) in [5, 5.41) is 11.0. The fourth-order valence-corrected chi connectivity index (χ4v) is 3.69. The van der Waals surface area contributed by atoms with Crippen LogP contribution in [0.2, 0.25) is 0 Å². The van der Waals surface area contributed by atoms with E-state index in [1.807, 2.05) is 42.5 Å². The lowest BCUT2D eigenvalue weighted by Gasteiger charge is -2.08. The van der Waals surface area contributed by atoms with Crippen LogP contribution in [0.4, 0.5) is 0 Å². The number of nitrogens with one attached hydrogen (secondary N) is 2. The number of carbonyl (C=O) groups is 2. The van der Waals surface area contributed by atoms with Crippen LogP contribution < -0.4 is 10.7 Å². The summed E-state index contributed by atoms with van der Waals surface area (Å²) in [4.78, 5) is 24.3. The van der Waals surface area contributed by atoms with Gasteiger partial charge in [0.1, 0.15) is 0 Å². The lowest BCUT2D eigenvalue weighted by Crippen LogP contribution is -2.34. The SMILES string of the molecule is O=C(CNC(=O)c1cccc(Br)c1)N/N=C/c1c2ccccc2cc2ccccc12. The minimum absolute atomic E-state index is 0.168. The van der Waals surface area contributed by atoms with Crippen LogP contribution in [0.3, 0.4) is 0 Å². The van der Waals surface area contributed by atoms with Gasteiger partial charge in [0.05, 0.1) is 12.8 Å². The van der Waals surface area contributed by atoms with Crippen LogP contribution in [0.1, 0.15) is 15.9 Å². The van der Waals surface area contributed by atoms with Gasteiger partial charge in [0.2, 0.25) is 0 Å². The normalized spacial score (nSPS) is 11.1. The predicted octanol–water partition coefficient (Wildman–Crippen LogP) is 4.64. The number of rotatable bonds is 5. The van der Waals surface area contributed by atoms with Gasteiger partial charge in [0.25, 0.3) is 11.8 Å². The lowest BCUT2D eigenvalue weighted by molar-refractivity contribution is -0.120. The summed E-state index contributed by atoms with van der Waals surface area (Å²) in [5.41, 5.74) is 3.89. The van der Waals surface area contributed by atoms with Crippen molar-refractivity contribution in [1.82, 2.24) is 10.7 Å². The standard InChI is InChI=1S/C24H18BrN3O2/c25-19-9-5-8-18(13-19)24(30)26-15-23(29)28-27-14-22-20-10-3-1-6-16(20)12-17-7-2-4-11-21(17)22/h1-14H,15H2,(H,26,30)(H,28,29)/b27-14+. The molecule has 5 nitrogen and oxygen atoms in total. The molecular formula is C24H18BrN3O2. The molecule has 0 saturated carbocycles. The Morgan fingerprint density at radius 3 is 2.20 bits per heavy atom. The maximum atomic E-state index is 12.1. The molecule has 4 aromatic carbocycles. The van der Waals surface area contributed by atoms with Crippen molar-refractivity contribution in [2.75, 3.05) is 6.54 Å². The number of halogens is 1. The molecule has 2 N–H and O–H groups in total. The van der Waals surface area contributed by atoms with Crippen LogP contribution in [-0.4, -0.2) is 24.6 Å². The zero-order valence-corrected chi connectivity index (χ0v) is 17.5. The molecular weight excluding hydrogens is 442 g/mol. The Bertz CT molecular complexity index is 1230. The maximum absolute atomic E-state index is 12.1. The van der Waals surface area contributed by atoms with Gasteiger partial charge in [-0.2, -0.15) is 5.10 Å². The Hall–Kier alpha value is -3.51. The molecule has 30 heavy (non-hydrogen) atoms. The number of hydrazone groups is 1. The first-order valence-electron chi connectivity index (χ1n) is 9.38. The Balaban J connectivity index is 1.47. The van der Waals surface area contributed by atoms with Crippen LogP contribution in [-0.2, 0) is 4.79 Å².